The number of carbonyl (C=O) groups is 3. The first-order chi connectivity index (χ1) is 7.97. The van der Waals surface area contributed by atoms with E-state index >= 15 is 0 Å². The number of carbonyl (C=O) groups excluding carboxylic acids is 3. The van der Waals surface area contributed by atoms with Crippen LogP contribution in [0.3, 0.4) is 0 Å². The fourth-order valence-corrected chi connectivity index (χ4v) is 1.99. The summed E-state index contributed by atoms with van der Waals surface area (Å²) in [5.74, 6) is -1.22. The molecule has 0 spiro atoms. The van der Waals surface area contributed by atoms with E-state index in [2.05, 4.69) is 5.32 Å². The zero-order chi connectivity index (χ0) is 13.0. The maximum Gasteiger partial charge on any atom is 0.242 e. The first-order valence-corrected chi connectivity index (χ1v) is 5.53. The minimum Gasteiger partial charge on any atom is -0.370 e. The lowest BCUT2D eigenvalue weighted by Gasteiger charge is -2.25. The van der Waals surface area contributed by atoms with Gasteiger partial charge < -0.3 is 21.7 Å². The van der Waals surface area contributed by atoms with Crippen LogP contribution < -0.4 is 16.8 Å². The molecule has 1 aliphatic heterocycles. The molecule has 2 unspecified atom stereocenters. The van der Waals surface area contributed by atoms with E-state index in [0.29, 0.717) is 13.0 Å². The van der Waals surface area contributed by atoms with Gasteiger partial charge in [-0.25, -0.2) is 0 Å². The molecule has 17 heavy (non-hydrogen) atoms. The Kier molecular flexibility index (Phi) is 4.45. The predicted molar refractivity (Wildman–Crippen MR) is 60.6 cm³/mol. The summed E-state index contributed by atoms with van der Waals surface area (Å²) < 4.78 is 0. The first-order valence-electron chi connectivity index (χ1n) is 5.53. The predicted octanol–water partition coefficient (Wildman–Crippen LogP) is -2.07. The Bertz CT molecular complexity index is 332. The molecule has 0 aromatic heterocycles. The molecular formula is C10H18N4O3. The smallest absolute Gasteiger partial charge is 0.242 e. The average Bonchev–Trinajstić information content (AvgIpc) is 2.74. The standard InChI is InChI=1S/C10H18N4O3/c1-13-9(16)7-3-2-4-14(7)10(17)6(11)5-8(12)15/h6-7H,2-5,11H2,1H3,(H2,12,15)(H,13,16). The van der Waals surface area contributed by atoms with Crippen molar-refractivity contribution in [2.75, 3.05) is 13.6 Å². The van der Waals surface area contributed by atoms with Gasteiger partial charge >= 0.3 is 0 Å². The molecule has 2 atom stereocenters. The zero-order valence-corrected chi connectivity index (χ0v) is 9.81. The molecule has 3 amide bonds. The second-order valence-corrected chi connectivity index (χ2v) is 4.08. The van der Waals surface area contributed by atoms with Gasteiger partial charge in [0.1, 0.15) is 6.04 Å². The molecule has 1 fully saturated rings. The molecular weight excluding hydrogens is 224 g/mol. The summed E-state index contributed by atoms with van der Waals surface area (Å²) in [7, 11) is 1.52. The number of hydrogen-bond donors (Lipinski definition) is 3. The summed E-state index contributed by atoms with van der Waals surface area (Å²) in [5.41, 5.74) is 10.6. The second kappa shape index (κ2) is 5.62. The van der Waals surface area contributed by atoms with Crippen molar-refractivity contribution >= 4 is 17.7 Å². The highest BCUT2D eigenvalue weighted by molar-refractivity contribution is 5.92. The van der Waals surface area contributed by atoms with Gasteiger partial charge in [0.15, 0.2) is 0 Å². The number of nitrogens with zero attached hydrogens (tertiary/aromatic N) is 1. The van der Waals surface area contributed by atoms with Gasteiger partial charge in [-0.15, -0.1) is 0 Å². The molecule has 7 heteroatoms. The monoisotopic (exact) mass is 242 g/mol. The van der Waals surface area contributed by atoms with Crippen LogP contribution in [-0.4, -0.2) is 48.3 Å². The van der Waals surface area contributed by atoms with E-state index in [-0.39, 0.29) is 12.3 Å². The molecule has 0 aromatic rings. The summed E-state index contributed by atoms with van der Waals surface area (Å²) in [4.78, 5) is 35.6. The highest BCUT2D eigenvalue weighted by atomic mass is 16.2. The van der Waals surface area contributed by atoms with Crippen LogP contribution in [0.5, 0.6) is 0 Å². The van der Waals surface area contributed by atoms with E-state index in [1.807, 2.05) is 0 Å². The highest BCUT2D eigenvalue weighted by Crippen LogP contribution is 2.18. The van der Waals surface area contributed by atoms with Crippen LogP contribution in [-0.2, 0) is 14.4 Å². The topological polar surface area (TPSA) is 119 Å². The summed E-state index contributed by atoms with van der Waals surface area (Å²) >= 11 is 0. The van der Waals surface area contributed by atoms with Gasteiger partial charge in [-0.05, 0) is 12.8 Å². The molecule has 0 aliphatic carbocycles. The quantitative estimate of drug-likeness (QED) is 0.524. The van der Waals surface area contributed by atoms with E-state index < -0.39 is 23.9 Å². The Labute approximate surface area is 99.5 Å². The van der Waals surface area contributed by atoms with Crippen LogP contribution >= 0.6 is 0 Å². The Morgan fingerprint density at radius 1 is 1.47 bits per heavy atom. The maximum absolute atomic E-state index is 11.9. The van der Waals surface area contributed by atoms with Crippen LogP contribution in [0.2, 0.25) is 0 Å². The van der Waals surface area contributed by atoms with Gasteiger partial charge in [0.2, 0.25) is 17.7 Å². The fourth-order valence-electron chi connectivity index (χ4n) is 1.99. The number of hydrogen-bond acceptors (Lipinski definition) is 4. The third kappa shape index (κ3) is 3.16. The normalized spacial score (nSPS) is 21.1. The van der Waals surface area contributed by atoms with Crippen molar-refractivity contribution < 1.29 is 14.4 Å². The zero-order valence-electron chi connectivity index (χ0n) is 9.81. The van der Waals surface area contributed by atoms with Crippen LogP contribution in [0.25, 0.3) is 0 Å². The SMILES string of the molecule is CNC(=O)C1CCCN1C(=O)C(N)CC(N)=O. The van der Waals surface area contributed by atoms with Gasteiger partial charge in [-0.3, -0.25) is 14.4 Å². The number of likely N-dealkylation sites (tertiary alicyclic amines) is 1. The van der Waals surface area contributed by atoms with Crippen molar-refractivity contribution in [1.29, 1.82) is 0 Å². The van der Waals surface area contributed by atoms with Crippen molar-refractivity contribution in [1.82, 2.24) is 10.2 Å². The van der Waals surface area contributed by atoms with Crippen molar-refractivity contribution in [3.8, 4) is 0 Å². The van der Waals surface area contributed by atoms with Crippen LogP contribution in [0.15, 0.2) is 0 Å². The highest BCUT2D eigenvalue weighted by Gasteiger charge is 2.35. The Hall–Kier alpha value is -1.63. The fraction of sp³-hybridized carbons (Fsp3) is 0.700. The van der Waals surface area contributed by atoms with Gasteiger partial charge in [0.05, 0.1) is 12.5 Å². The summed E-state index contributed by atoms with van der Waals surface area (Å²) in [5, 5.41) is 2.51. The van der Waals surface area contributed by atoms with E-state index in [1.165, 1.54) is 11.9 Å². The largest absolute Gasteiger partial charge is 0.370 e. The van der Waals surface area contributed by atoms with Crippen LogP contribution in [0.1, 0.15) is 19.3 Å². The summed E-state index contributed by atoms with van der Waals surface area (Å²) in [6, 6.07) is -1.44. The lowest BCUT2D eigenvalue weighted by Crippen LogP contribution is -2.51. The van der Waals surface area contributed by atoms with E-state index in [1.54, 1.807) is 0 Å². The number of rotatable bonds is 4. The molecule has 0 aromatic carbocycles. The Balaban J connectivity index is 2.67. The van der Waals surface area contributed by atoms with Crippen molar-refractivity contribution in [3.05, 3.63) is 0 Å². The van der Waals surface area contributed by atoms with E-state index in [0.717, 1.165) is 6.42 Å². The second-order valence-electron chi connectivity index (χ2n) is 4.08. The van der Waals surface area contributed by atoms with Crippen LogP contribution in [0, 0.1) is 0 Å². The molecule has 7 nitrogen and oxygen atoms in total. The Morgan fingerprint density at radius 2 is 2.12 bits per heavy atom. The molecule has 1 aliphatic rings. The van der Waals surface area contributed by atoms with Crippen molar-refractivity contribution in [2.24, 2.45) is 11.5 Å². The van der Waals surface area contributed by atoms with Gasteiger partial charge in [-0.2, -0.15) is 0 Å². The summed E-state index contributed by atoms with van der Waals surface area (Å²) in [6.45, 7) is 0.489. The van der Waals surface area contributed by atoms with Gasteiger partial charge in [0, 0.05) is 13.6 Å². The third-order valence-electron chi connectivity index (χ3n) is 2.82. The number of nitrogens with one attached hydrogen (secondary N) is 1. The minimum atomic E-state index is -0.960. The molecule has 96 valence electrons. The first kappa shape index (κ1) is 13.4. The van der Waals surface area contributed by atoms with Gasteiger partial charge in [0.25, 0.3) is 0 Å². The molecule has 5 N–H and O–H groups in total. The third-order valence-corrected chi connectivity index (χ3v) is 2.82. The molecule has 1 saturated heterocycles. The van der Waals surface area contributed by atoms with Gasteiger partial charge in [-0.1, -0.05) is 0 Å². The average molecular weight is 242 g/mol. The minimum absolute atomic E-state index is 0.199. The number of amides is 3. The van der Waals surface area contributed by atoms with E-state index in [4.69, 9.17) is 11.5 Å². The molecule has 0 saturated carbocycles. The molecule has 0 radical (unpaired) electrons. The molecule has 0 bridgehead atoms. The molecule has 1 heterocycles. The maximum atomic E-state index is 11.9. The molecule has 1 rings (SSSR count). The van der Waals surface area contributed by atoms with Crippen molar-refractivity contribution in [2.45, 2.75) is 31.3 Å². The lowest BCUT2D eigenvalue weighted by atomic mass is 10.1. The Morgan fingerprint density at radius 3 is 2.65 bits per heavy atom. The number of likely N-dealkylation sites (N-methyl/N-ethyl adjacent to an activating group) is 1. The van der Waals surface area contributed by atoms with E-state index in [9.17, 15) is 14.4 Å². The lowest BCUT2D eigenvalue weighted by molar-refractivity contribution is -0.140. The van der Waals surface area contributed by atoms with Crippen LogP contribution in [0.4, 0.5) is 0 Å². The summed E-state index contributed by atoms with van der Waals surface area (Å²) in [6.07, 6.45) is 1.18. The number of nitrogens with two attached hydrogens (primary N) is 2. The number of primary amides is 1. The van der Waals surface area contributed by atoms with Crippen molar-refractivity contribution in [3.63, 3.8) is 0 Å².